The second-order valence-electron chi connectivity index (χ2n) is 5.13. The van der Waals surface area contributed by atoms with Gasteiger partial charge in [-0.05, 0) is 25.7 Å². The fourth-order valence-electron chi connectivity index (χ4n) is 2.31. The molecule has 6 heteroatoms. The summed E-state index contributed by atoms with van der Waals surface area (Å²) in [4.78, 5) is 23.5. The number of methoxy groups -OCH3 is 1. The van der Waals surface area contributed by atoms with Crippen LogP contribution in [0.3, 0.4) is 0 Å². The maximum absolute atomic E-state index is 12.0. The van der Waals surface area contributed by atoms with Crippen LogP contribution in [-0.2, 0) is 19.1 Å². The highest BCUT2D eigenvalue weighted by Crippen LogP contribution is 2.31. The van der Waals surface area contributed by atoms with E-state index in [1.807, 2.05) is 6.92 Å². The highest BCUT2D eigenvalue weighted by atomic mass is 16.5. The molecule has 1 aliphatic rings. The highest BCUT2D eigenvalue weighted by molar-refractivity contribution is 5.82. The van der Waals surface area contributed by atoms with Crippen LogP contribution in [0.5, 0.6) is 0 Å². The Morgan fingerprint density at radius 3 is 2.63 bits per heavy atom. The SMILES string of the molecule is CCCCOC(=O)C1(N)CCC(C(=O)OC)CC1N. The molecule has 1 aliphatic carbocycles. The summed E-state index contributed by atoms with van der Waals surface area (Å²) in [6.07, 6.45) is 2.95. The lowest BCUT2D eigenvalue weighted by Gasteiger charge is -2.39. The van der Waals surface area contributed by atoms with Gasteiger partial charge in [0.1, 0.15) is 5.54 Å². The highest BCUT2D eigenvalue weighted by Gasteiger charge is 2.47. The Balaban J connectivity index is 2.59. The summed E-state index contributed by atoms with van der Waals surface area (Å²) in [5.41, 5.74) is 10.9. The Morgan fingerprint density at radius 2 is 2.11 bits per heavy atom. The standard InChI is InChI=1S/C13H24N2O4/c1-3-4-7-19-12(17)13(15)6-5-9(8-10(13)14)11(16)18-2/h9-10H,3-8,14-15H2,1-2H3. The smallest absolute Gasteiger partial charge is 0.327 e. The predicted octanol–water partition coefficient (Wildman–Crippen LogP) is 0.328. The summed E-state index contributed by atoms with van der Waals surface area (Å²) < 4.78 is 9.85. The number of hydrogen-bond donors (Lipinski definition) is 2. The molecule has 0 heterocycles. The molecule has 3 unspecified atom stereocenters. The number of carbonyl (C=O) groups is 2. The van der Waals surface area contributed by atoms with Crippen LogP contribution in [-0.4, -0.2) is 37.2 Å². The van der Waals surface area contributed by atoms with Crippen LogP contribution in [0.1, 0.15) is 39.0 Å². The van der Waals surface area contributed by atoms with Gasteiger partial charge in [0.2, 0.25) is 0 Å². The van der Waals surface area contributed by atoms with E-state index in [4.69, 9.17) is 20.9 Å². The molecule has 0 aromatic rings. The van der Waals surface area contributed by atoms with E-state index >= 15 is 0 Å². The number of rotatable bonds is 5. The van der Waals surface area contributed by atoms with Crippen LogP contribution in [0.25, 0.3) is 0 Å². The largest absolute Gasteiger partial charge is 0.469 e. The van der Waals surface area contributed by atoms with E-state index in [0.29, 0.717) is 25.9 Å². The average molecular weight is 272 g/mol. The first kappa shape index (κ1) is 15.9. The van der Waals surface area contributed by atoms with Crippen LogP contribution >= 0.6 is 0 Å². The van der Waals surface area contributed by atoms with Crippen LogP contribution in [0.15, 0.2) is 0 Å². The second kappa shape index (κ2) is 6.86. The third kappa shape index (κ3) is 3.67. The molecule has 0 radical (unpaired) electrons. The van der Waals surface area contributed by atoms with Crippen molar-refractivity contribution in [2.45, 2.75) is 50.6 Å². The molecule has 19 heavy (non-hydrogen) atoms. The molecule has 0 bridgehead atoms. The van der Waals surface area contributed by atoms with Gasteiger partial charge in [-0.1, -0.05) is 13.3 Å². The Bertz CT molecular complexity index is 335. The molecule has 0 saturated heterocycles. The number of unbranched alkanes of at least 4 members (excludes halogenated alkanes) is 1. The lowest BCUT2D eigenvalue weighted by Crippen LogP contribution is -2.64. The molecule has 0 aliphatic heterocycles. The minimum atomic E-state index is -1.18. The summed E-state index contributed by atoms with van der Waals surface area (Å²) in [5.74, 6) is -1.03. The first-order valence-corrected chi connectivity index (χ1v) is 6.75. The van der Waals surface area contributed by atoms with Crippen LogP contribution in [0.2, 0.25) is 0 Å². The van der Waals surface area contributed by atoms with Gasteiger partial charge in [-0.15, -0.1) is 0 Å². The van der Waals surface area contributed by atoms with Crippen LogP contribution in [0.4, 0.5) is 0 Å². The zero-order chi connectivity index (χ0) is 14.5. The minimum Gasteiger partial charge on any atom is -0.469 e. The third-order valence-corrected chi connectivity index (χ3v) is 3.75. The van der Waals surface area contributed by atoms with Gasteiger partial charge < -0.3 is 20.9 Å². The van der Waals surface area contributed by atoms with Gasteiger partial charge in [-0.25, -0.2) is 4.79 Å². The van der Waals surface area contributed by atoms with Crippen molar-refractivity contribution in [2.75, 3.05) is 13.7 Å². The van der Waals surface area contributed by atoms with Gasteiger partial charge >= 0.3 is 11.9 Å². The zero-order valence-corrected chi connectivity index (χ0v) is 11.7. The van der Waals surface area contributed by atoms with E-state index in [1.165, 1.54) is 7.11 Å². The summed E-state index contributed by atoms with van der Waals surface area (Å²) in [7, 11) is 1.34. The summed E-state index contributed by atoms with van der Waals surface area (Å²) in [6, 6.07) is -0.584. The maximum Gasteiger partial charge on any atom is 0.327 e. The van der Waals surface area contributed by atoms with Crippen molar-refractivity contribution in [2.24, 2.45) is 17.4 Å². The molecular weight excluding hydrogens is 248 g/mol. The van der Waals surface area contributed by atoms with E-state index < -0.39 is 17.6 Å². The van der Waals surface area contributed by atoms with Crippen molar-refractivity contribution in [1.82, 2.24) is 0 Å². The zero-order valence-electron chi connectivity index (χ0n) is 11.7. The molecule has 1 saturated carbocycles. The molecule has 0 spiro atoms. The van der Waals surface area contributed by atoms with Crippen molar-refractivity contribution >= 4 is 11.9 Å². The first-order chi connectivity index (χ1) is 8.95. The van der Waals surface area contributed by atoms with Crippen molar-refractivity contribution in [3.8, 4) is 0 Å². The molecule has 0 aromatic carbocycles. The maximum atomic E-state index is 12.0. The third-order valence-electron chi connectivity index (χ3n) is 3.75. The first-order valence-electron chi connectivity index (χ1n) is 6.75. The fourth-order valence-corrected chi connectivity index (χ4v) is 2.31. The van der Waals surface area contributed by atoms with Gasteiger partial charge in [0.05, 0.1) is 19.6 Å². The lowest BCUT2D eigenvalue weighted by molar-refractivity contribution is -0.156. The fraction of sp³-hybridized carbons (Fsp3) is 0.846. The quantitative estimate of drug-likeness (QED) is 0.552. The molecule has 1 rings (SSSR count). The summed E-state index contributed by atoms with van der Waals surface area (Å²) in [5, 5.41) is 0. The van der Waals surface area contributed by atoms with Crippen LogP contribution < -0.4 is 11.5 Å². The molecule has 3 atom stereocenters. The van der Waals surface area contributed by atoms with Gasteiger partial charge in [0, 0.05) is 6.04 Å². The number of nitrogens with two attached hydrogens (primary N) is 2. The molecule has 4 N–H and O–H groups in total. The monoisotopic (exact) mass is 272 g/mol. The van der Waals surface area contributed by atoms with Crippen molar-refractivity contribution in [3.05, 3.63) is 0 Å². The number of hydrogen-bond acceptors (Lipinski definition) is 6. The van der Waals surface area contributed by atoms with E-state index in [0.717, 1.165) is 12.8 Å². The van der Waals surface area contributed by atoms with Crippen molar-refractivity contribution < 1.29 is 19.1 Å². The van der Waals surface area contributed by atoms with Crippen molar-refractivity contribution in [3.63, 3.8) is 0 Å². The Morgan fingerprint density at radius 1 is 1.42 bits per heavy atom. The number of carbonyl (C=O) groups excluding carboxylic acids is 2. The van der Waals surface area contributed by atoms with E-state index in [-0.39, 0.29) is 11.9 Å². The Kier molecular flexibility index (Phi) is 5.75. The van der Waals surface area contributed by atoms with Gasteiger partial charge in [-0.3, -0.25) is 4.79 Å². The molecule has 0 amide bonds. The van der Waals surface area contributed by atoms with Gasteiger partial charge in [0.15, 0.2) is 0 Å². The molecule has 6 nitrogen and oxygen atoms in total. The lowest BCUT2D eigenvalue weighted by atomic mass is 9.73. The Hall–Kier alpha value is -1.14. The summed E-state index contributed by atoms with van der Waals surface area (Å²) >= 11 is 0. The predicted molar refractivity (Wildman–Crippen MR) is 70.1 cm³/mol. The normalized spacial score (nSPS) is 30.7. The summed E-state index contributed by atoms with van der Waals surface area (Å²) in [6.45, 7) is 2.38. The van der Waals surface area contributed by atoms with E-state index in [2.05, 4.69) is 0 Å². The van der Waals surface area contributed by atoms with E-state index in [1.54, 1.807) is 0 Å². The number of ether oxygens (including phenoxy) is 2. The molecule has 0 aromatic heterocycles. The topological polar surface area (TPSA) is 105 Å². The molecule has 110 valence electrons. The van der Waals surface area contributed by atoms with Crippen LogP contribution in [0, 0.1) is 5.92 Å². The van der Waals surface area contributed by atoms with Crippen molar-refractivity contribution in [1.29, 1.82) is 0 Å². The Labute approximate surface area is 113 Å². The van der Waals surface area contributed by atoms with E-state index in [9.17, 15) is 9.59 Å². The van der Waals surface area contributed by atoms with Gasteiger partial charge in [0.25, 0.3) is 0 Å². The van der Waals surface area contributed by atoms with Gasteiger partial charge in [-0.2, -0.15) is 0 Å². The minimum absolute atomic E-state index is 0.278. The second-order valence-corrected chi connectivity index (χ2v) is 5.13. The average Bonchev–Trinajstić information content (AvgIpc) is 2.41. The number of esters is 2. The molecule has 1 fully saturated rings. The molecular formula is C13H24N2O4.